The zero-order valence-corrected chi connectivity index (χ0v) is 12.8. The van der Waals surface area contributed by atoms with Crippen LogP contribution in [0.2, 0.25) is 0 Å². The molecule has 4 heteroatoms. The average molecular weight is 275 g/mol. The lowest BCUT2D eigenvalue weighted by Crippen LogP contribution is -2.48. The fourth-order valence-corrected chi connectivity index (χ4v) is 2.59. The van der Waals surface area contributed by atoms with E-state index in [0.717, 1.165) is 44.0 Å². The van der Waals surface area contributed by atoms with E-state index in [2.05, 4.69) is 11.8 Å². The van der Waals surface area contributed by atoms with Gasteiger partial charge < -0.3 is 9.80 Å². The molecule has 110 valence electrons. The van der Waals surface area contributed by atoms with Crippen LogP contribution in [-0.4, -0.2) is 62.5 Å². The van der Waals surface area contributed by atoms with E-state index >= 15 is 0 Å². The summed E-state index contributed by atoms with van der Waals surface area (Å²) in [4.78, 5) is 19.0. The Morgan fingerprint density at radius 3 is 2.50 bits per heavy atom. The van der Waals surface area contributed by atoms with E-state index in [0.29, 0.717) is 0 Å². The minimum Gasteiger partial charge on any atom is -0.378 e. The number of benzene rings is 1. The Kier molecular flexibility index (Phi) is 5.01. The molecule has 0 spiro atoms. The number of carbonyl (C=O) groups is 1. The van der Waals surface area contributed by atoms with Crippen LogP contribution in [0.4, 0.5) is 5.69 Å². The second-order valence-electron chi connectivity index (χ2n) is 5.58. The van der Waals surface area contributed by atoms with Crippen molar-refractivity contribution in [2.75, 3.05) is 51.7 Å². The largest absolute Gasteiger partial charge is 0.378 e. The molecule has 0 atom stereocenters. The Bertz CT molecular complexity index is 451. The van der Waals surface area contributed by atoms with Crippen LogP contribution in [0.25, 0.3) is 0 Å². The highest BCUT2D eigenvalue weighted by atomic mass is 16.2. The molecule has 1 aliphatic heterocycles. The summed E-state index contributed by atoms with van der Waals surface area (Å²) in [7, 11) is 3.99. The van der Waals surface area contributed by atoms with Crippen molar-refractivity contribution >= 4 is 11.6 Å². The molecule has 2 rings (SSSR count). The van der Waals surface area contributed by atoms with Crippen LogP contribution < -0.4 is 4.90 Å². The number of hydrogen-bond acceptors (Lipinski definition) is 3. The van der Waals surface area contributed by atoms with Gasteiger partial charge in [-0.15, -0.1) is 0 Å². The standard InChI is InChI=1S/C16H25N3O/c1-4-8-18-9-11-19(12-10-18)16(20)14-6-5-7-15(13-14)17(2)3/h5-7,13H,4,8-12H2,1-3H3. The molecule has 0 bridgehead atoms. The summed E-state index contributed by atoms with van der Waals surface area (Å²) in [6.45, 7) is 7.00. The van der Waals surface area contributed by atoms with Crippen molar-refractivity contribution in [2.45, 2.75) is 13.3 Å². The fraction of sp³-hybridized carbons (Fsp3) is 0.562. The topological polar surface area (TPSA) is 26.8 Å². The zero-order valence-electron chi connectivity index (χ0n) is 12.8. The van der Waals surface area contributed by atoms with Gasteiger partial charge in [-0.3, -0.25) is 9.69 Å². The van der Waals surface area contributed by atoms with Crippen molar-refractivity contribution in [1.29, 1.82) is 0 Å². The number of nitrogens with zero attached hydrogens (tertiary/aromatic N) is 3. The molecular formula is C16H25N3O. The first-order chi connectivity index (χ1) is 9.61. The highest BCUT2D eigenvalue weighted by Crippen LogP contribution is 2.16. The average Bonchev–Trinajstić information content (AvgIpc) is 2.48. The van der Waals surface area contributed by atoms with Gasteiger partial charge in [0, 0.05) is 51.5 Å². The van der Waals surface area contributed by atoms with Gasteiger partial charge in [0.05, 0.1) is 0 Å². The molecule has 1 fully saturated rings. The van der Waals surface area contributed by atoms with Crippen LogP contribution in [0.15, 0.2) is 24.3 Å². The third kappa shape index (κ3) is 3.51. The molecule has 0 aromatic heterocycles. The molecule has 1 aliphatic rings. The van der Waals surface area contributed by atoms with Gasteiger partial charge in [0.15, 0.2) is 0 Å². The van der Waals surface area contributed by atoms with Gasteiger partial charge in [0.1, 0.15) is 0 Å². The first kappa shape index (κ1) is 14.9. The Hall–Kier alpha value is -1.55. The number of rotatable bonds is 4. The fourth-order valence-electron chi connectivity index (χ4n) is 2.59. The van der Waals surface area contributed by atoms with Crippen LogP contribution in [-0.2, 0) is 0 Å². The lowest BCUT2D eigenvalue weighted by atomic mass is 10.1. The summed E-state index contributed by atoms with van der Waals surface area (Å²) < 4.78 is 0. The SMILES string of the molecule is CCCN1CCN(C(=O)c2cccc(N(C)C)c2)CC1. The van der Waals surface area contributed by atoms with E-state index in [4.69, 9.17) is 0 Å². The van der Waals surface area contributed by atoms with Crippen LogP contribution >= 0.6 is 0 Å². The molecule has 0 radical (unpaired) electrons. The van der Waals surface area contributed by atoms with E-state index in [-0.39, 0.29) is 5.91 Å². The van der Waals surface area contributed by atoms with Crippen molar-refractivity contribution in [3.63, 3.8) is 0 Å². The lowest BCUT2D eigenvalue weighted by molar-refractivity contribution is 0.0637. The Balaban J connectivity index is 2.00. The van der Waals surface area contributed by atoms with E-state index in [9.17, 15) is 4.79 Å². The molecular weight excluding hydrogens is 250 g/mol. The molecule has 1 amide bonds. The highest BCUT2D eigenvalue weighted by molar-refractivity contribution is 5.95. The van der Waals surface area contributed by atoms with E-state index < -0.39 is 0 Å². The van der Waals surface area contributed by atoms with Crippen LogP contribution in [0.1, 0.15) is 23.7 Å². The Morgan fingerprint density at radius 2 is 1.90 bits per heavy atom. The van der Waals surface area contributed by atoms with Gasteiger partial charge >= 0.3 is 0 Å². The zero-order chi connectivity index (χ0) is 14.5. The number of amides is 1. The predicted molar refractivity (Wildman–Crippen MR) is 83.4 cm³/mol. The van der Waals surface area contributed by atoms with Crippen molar-refractivity contribution < 1.29 is 4.79 Å². The number of piperazine rings is 1. The molecule has 1 saturated heterocycles. The molecule has 1 heterocycles. The molecule has 0 unspecified atom stereocenters. The van der Waals surface area contributed by atoms with Gasteiger partial charge in [-0.1, -0.05) is 13.0 Å². The van der Waals surface area contributed by atoms with Crippen molar-refractivity contribution in [3.8, 4) is 0 Å². The van der Waals surface area contributed by atoms with Gasteiger partial charge in [0.2, 0.25) is 0 Å². The number of anilines is 1. The summed E-state index contributed by atoms with van der Waals surface area (Å²) in [5.74, 6) is 0.157. The molecule has 0 saturated carbocycles. The van der Waals surface area contributed by atoms with E-state index in [1.807, 2.05) is 48.2 Å². The molecule has 0 aliphatic carbocycles. The lowest BCUT2D eigenvalue weighted by Gasteiger charge is -2.34. The summed E-state index contributed by atoms with van der Waals surface area (Å²) in [6.07, 6.45) is 1.18. The molecule has 1 aromatic rings. The predicted octanol–water partition coefficient (Wildman–Crippen LogP) is 1.92. The number of hydrogen-bond donors (Lipinski definition) is 0. The summed E-state index contributed by atoms with van der Waals surface area (Å²) >= 11 is 0. The monoisotopic (exact) mass is 275 g/mol. The first-order valence-electron chi connectivity index (χ1n) is 7.41. The summed E-state index contributed by atoms with van der Waals surface area (Å²) in [6, 6.07) is 7.86. The van der Waals surface area contributed by atoms with Crippen molar-refractivity contribution in [2.24, 2.45) is 0 Å². The second-order valence-corrected chi connectivity index (χ2v) is 5.58. The maximum absolute atomic E-state index is 12.5. The summed E-state index contributed by atoms with van der Waals surface area (Å²) in [5, 5.41) is 0. The Morgan fingerprint density at radius 1 is 1.20 bits per heavy atom. The third-order valence-electron chi connectivity index (χ3n) is 3.81. The molecule has 0 N–H and O–H groups in total. The molecule has 20 heavy (non-hydrogen) atoms. The minimum atomic E-state index is 0.157. The van der Waals surface area contributed by atoms with Gasteiger partial charge in [-0.25, -0.2) is 0 Å². The summed E-state index contributed by atoms with van der Waals surface area (Å²) in [5.41, 5.74) is 1.86. The minimum absolute atomic E-state index is 0.157. The van der Waals surface area contributed by atoms with Crippen molar-refractivity contribution in [1.82, 2.24) is 9.80 Å². The third-order valence-corrected chi connectivity index (χ3v) is 3.81. The van der Waals surface area contributed by atoms with Gasteiger partial charge in [-0.2, -0.15) is 0 Å². The normalized spacial score (nSPS) is 16.2. The van der Waals surface area contributed by atoms with Gasteiger partial charge in [0.25, 0.3) is 5.91 Å². The smallest absolute Gasteiger partial charge is 0.254 e. The maximum atomic E-state index is 12.5. The van der Waals surface area contributed by atoms with E-state index in [1.54, 1.807) is 0 Å². The quantitative estimate of drug-likeness (QED) is 0.840. The first-order valence-corrected chi connectivity index (χ1v) is 7.41. The van der Waals surface area contributed by atoms with Crippen molar-refractivity contribution in [3.05, 3.63) is 29.8 Å². The highest BCUT2D eigenvalue weighted by Gasteiger charge is 2.21. The van der Waals surface area contributed by atoms with E-state index in [1.165, 1.54) is 6.42 Å². The van der Waals surface area contributed by atoms with Gasteiger partial charge in [-0.05, 0) is 31.2 Å². The Labute approximate surface area is 122 Å². The maximum Gasteiger partial charge on any atom is 0.254 e. The van der Waals surface area contributed by atoms with Crippen LogP contribution in [0.3, 0.4) is 0 Å². The molecule has 1 aromatic carbocycles. The van der Waals surface area contributed by atoms with Crippen LogP contribution in [0, 0.1) is 0 Å². The van der Waals surface area contributed by atoms with Crippen LogP contribution in [0.5, 0.6) is 0 Å². The second kappa shape index (κ2) is 6.75. The molecule has 4 nitrogen and oxygen atoms in total. The number of carbonyl (C=O) groups excluding carboxylic acids is 1.